The zero-order valence-electron chi connectivity index (χ0n) is 10.3. The predicted molar refractivity (Wildman–Crippen MR) is 76.3 cm³/mol. The van der Waals surface area contributed by atoms with E-state index in [-0.39, 0.29) is 0 Å². The number of hydrogen-bond donors (Lipinski definition) is 1. The lowest BCUT2D eigenvalue weighted by Gasteiger charge is -2.08. The minimum Gasteiger partial charge on any atom is -0.356 e. The van der Waals surface area contributed by atoms with Crippen molar-refractivity contribution < 1.29 is 0 Å². The van der Waals surface area contributed by atoms with E-state index in [4.69, 9.17) is 11.6 Å². The third-order valence-corrected chi connectivity index (χ3v) is 3.47. The Balaban J connectivity index is 1.82. The predicted octanol–water partition coefficient (Wildman–Crippen LogP) is 4.03. The molecule has 2 nitrogen and oxygen atoms in total. The first-order chi connectivity index (χ1) is 8.70. The van der Waals surface area contributed by atoms with Gasteiger partial charge in [0.05, 0.1) is 0 Å². The first-order valence-electron chi connectivity index (χ1n) is 6.04. The number of nitrogens with one attached hydrogen (secondary N) is 1. The lowest BCUT2D eigenvalue weighted by atomic mass is 10.1. The normalized spacial score (nSPS) is 14.6. The monoisotopic (exact) mass is 258 g/mol. The van der Waals surface area contributed by atoms with Crippen LogP contribution in [0.25, 0.3) is 0 Å². The summed E-state index contributed by atoms with van der Waals surface area (Å²) in [4.78, 5) is 2.32. The summed E-state index contributed by atoms with van der Waals surface area (Å²) in [7, 11) is 2.15. The second-order valence-electron chi connectivity index (χ2n) is 4.79. The molecule has 0 unspecified atom stereocenters. The molecule has 1 heterocycles. The molecule has 92 valence electrons. The van der Waals surface area contributed by atoms with Gasteiger partial charge in [0.15, 0.2) is 0 Å². The average molecular weight is 259 g/mol. The Morgan fingerprint density at radius 3 is 2.39 bits per heavy atom. The number of nitrogens with zero attached hydrogens (tertiary/aromatic N) is 1. The van der Waals surface area contributed by atoms with Crippen LogP contribution in [-0.4, -0.2) is 11.9 Å². The number of hydrogen-bond acceptors (Lipinski definition) is 2. The molecule has 0 saturated carbocycles. The van der Waals surface area contributed by atoms with Crippen LogP contribution in [0.2, 0.25) is 5.02 Å². The Labute approximate surface area is 112 Å². The van der Waals surface area contributed by atoms with Gasteiger partial charge in [0, 0.05) is 29.5 Å². The zero-order valence-corrected chi connectivity index (χ0v) is 11.0. The summed E-state index contributed by atoms with van der Waals surface area (Å²) in [6.07, 6.45) is 0. The molecule has 18 heavy (non-hydrogen) atoms. The van der Waals surface area contributed by atoms with E-state index in [0.717, 1.165) is 29.5 Å². The van der Waals surface area contributed by atoms with Gasteiger partial charge in [-0.25, -0.2) is 0 Å². The first kappa shape index (κ1) is 11.6. The molecule has 3 heteroatoms. The fourth-order valence-electron chi connectivity index (χ4n) is 2.34. The molecular formula is C15H15ClN2. The second kappa shape index (κ2) is 4.63. The van der Waals surface area contributed by atoms with E-state index in [2.05, 4.69) is 35.5 Å². The summed E-state index contributed by atoms with van der Waals surface area (Å²) < 4.78 is 0. The molecule has 0 radical (unpaired) electrons. The molecular weight excluding hydrogens is 244 g/mol. The van der Waals surface area contributed by atoms with Gasteiger partial charge in [-0.2, -0.15) is 0 Å². The molecule has 0 spiro atoms. The minimum atomic E-state index is 0.760. The van der Waals surface area contributed by atoms with Crippen LogP contribution in [0.15, 0.2) is 42.5 Å². The fraction of sp³-hybridized carbons (Fsp3) is 0.200. The van der Waals surface area contributed by atoms with E-state index in [9.17, 15) is 0 Å². The minimum absolute atomic E-state index is 0.760. The number of benzene rings is 2. The van der Waals surface area contributed by atoms with Gasteiger partial charge in [-0.1, -0.05) is 17.7 Å². The fourth-order valence-corrected chi connectivity index (χ4v) is 2.47. The molecule has 2 aromatic rings. The lowest BCUT2D eigenvalue weighted by molar-refractivity contribution is 0.353. The van der Waals surface area contributed by atoms with Crippen molar-refractivity contribution in [2.24, 2.45) is 0 Å². The van der Waals surface area contributed by atoms with Gasteiger partial charge in [-0.3, -0.25) is 4.90 Å². The topological polar surface area (TPSA) is 15.3 Å². The lowest BCUT2D eigenvalue weighted by Crippen LogP contribution is -2.07. The van der Waals surface area contributed by atoms with Gasteiger partial charge in [0.25, 0.3) is 0 Å². The number of rotatable bonds is 2. The SMILES string of the molecule is CN1Cc2ccc(Nc3ccc(Cl)cc3)cc2C1. The summed E-state index contributed by atoms with van der Waals surface area (Å²) in [5, 5.41) is 4.16. The van der Waals surface area contributed by atoms with Crippen molar-refractivity contribution in [3.05, 3.63) is 58.6 Å². The van der Waals surface area contributed by atoms with Crippen LogP contribution >= 0.6 is 11.6 Å². The smallest absolute Gasteiger partial charge is 0.0407 e. The zero-order chi connectivity index (χ0) is 12.5. The molecule has 0 aromatic heterocycles. The van der Waals surface area contributed by atoms with Crippen molar-refractivity contribution in [1.82, 2.24) is 4.90 Å². The molecule has 3 rings (SSSR count). The van der Waals surface area contributed by atoms with Gasteiger partial charge in [-0.15, -0.1) is 0 Å². The molecule has 1 aliphatic rings. The van der Waals surface area contributed by atoms with E-state index >= 15 is 0 Å². The van der Waals surface area contributed by atoms with Crippen molar-refractivity contribution in [1.29, 1.82) is 0 Å². The van der Waals surface area contributed by atoms with Crippen molar-refractivity contribution in [2.45, 2.75) is 13.1 Å². The molecule has 0 bridgehead atoms. The second-order valence-corrected chi connectivity index (χ2v) is 5.22. The Morgan fingerprint density at radius 2 is 1.61 bits per heavy atom. The van der Waals surface area contributed by atoms with Crippen LogP contribution in [0.5, 0.6) is 0 Å². The maximum Gasteiger partial charge on any atom is 0.0407 e. The third-order valence-electron chi connectivity index (χ3n) is 3.22. The molecule has 0 fully saturated rings. The standard InChI is InChI=1S/C15H15ClN2/c1-18-9-11-2-5-15(8-12(11)10-18)17-14-6-3-13(16)4-7-14/h2-8,17H,9-10H2,1H3. The highest BCUT2D eigenvalue weighted by Gasteiger charge is 2.15. The van der Waals surface area contributed by atoms with Gasteiger partial charge in [-0.05, 0) is 54.6 Å². The molecule has 0 atom stereocenters. The van der Waals surface area contributed by atoms with E-state index in [1.165, 1.54) is 11.1 Å². The van der Waals surface area contributed by atoms with Crippen molar-refractivity contribution in [2.75, 3.05) is 12.4 Å². The van der Waals surface area contributed by atoms with Crippen molar-refractivity contribution in [3.8, 4) is 0 Å². The van der Waals surface area contributed by atoms with Gasteiger partial charge < -0.3 is 5.32 Å². The van der Waals surface area contributed by atoms with Crippen molar-refractivity contribution >= 4 is 23.0 Å². The van der Waals surface area contributed by atoms with Gasteiger partial charge in [0.1, 0.15) is 0 Å². The van der Waals surface area contributed by atoms with Crippen LogP contribution in [0.4, 0.5) is 11.4 Å². The molecule has 0 aliphatic carbocycles. The number of fused-ring (bicyclic) bond motifs is 1. The largest absolute Gasteiger partial charge is 0.356 e. The summed E-state index contributed by atoms with van der Waals surface area (Å²) >= 11 is 5.87. The molecule has 0 amide bonds. The van der Waals surface area contributed by atoms with Crippen LogP contribution in [-0.2, 0) is 13.1 Å². The summed E-state index contributed by atoms with van der Waals surface area (Å²) in [5.74, 6) is 0. The Bertz CT molecular complexity index is 563. The maximum atomic E-state index is 5.87. The van der Waals surface area contributed by atoms with E-state index in [0.29, 0.717) is 0 Å². The molecule has 1 N–H and O–H groups in total. The van der Waals surface area contributed by atoms with Gasteiger partial charge in [0.2, 0.25) is 0 Å². The number of anilines is 2. The van der Waals surface area contributed by atoms with Crippen LogP contribution < -0.4 is 5.32 Å². The Hall–Kier alpha value is -1.51. The molecule has 0 saturated heterocycles. The van der Waals surface area contributed by atoms with E-state index in [1.54, 1.807) is 0 Å². The summed E-state index contributed by atoms with van der Waals surface area (Å²) in [6.45, 7) is 2.09. The summed E-state index contributed by atoms with van der Waals surface area (Å²) in [6, 6.07) is 14.3. The first-order valence-corrected chi connectivity index (χ1v) is 6.41. The van der Waals surface area contributed by atoms with E-state index < -0.39 is 0 Å². The highest BCUT2D eigenvalue weighted by Crippen LogP contribution is 2.26. The maximum absolute atomic E-state index is 5.87. The van der Waals surface area contributed by atoms with Crippen molar-refractivity contribution in [3.63, 3.8) is 0 Å². The molecule has 2 aromatic carbocycles. The van der Waals surface area contributed by atoms with Crippen LogP contribution in [0.1, 0.15) is 11.1 Å². The Kier molecular flexibility index (Phi) is 2.98. The summed E-state index contributed by atoms with van der Waals surface area (Å²) in [5.41, 5.74) is 5.03. The highest BCUT2D eigenvalue weighted by atomic mass is 35.5. The average Bonchev–Trinajstić information content (AvgIpc) is 2.71. The number of halogens is 1. The van der Waals surface area contributed by atoms with Crippen LogP contribution in [0, 0.1) is 0 Å². The third kappa shape index (κ3) is 2.35. The Morgan fingerprint density at radius 1 is 0.944 bits per heavy atom. The van der Waals surface area contributed by atoms with Gasteiger partial charge >= 0.3 is 0 Å². The molecule has 1 aliphatic heterocycles. The van der Waals surface area contributed by atoms with Crippen LogP contribution in [0.3, 0.4) is 0 Å². The van der Waals surface area contributed by atoms with E-state index in [1.807, 2.05) is 24.3 Å². The highest BCUT2D eigenvalue weighted by molar-refractivity contribution is 6.30. The quantitative estimate of drug-likeness (QED) is 0.875.